The van der Waals surface area contributed by atoms with E-state index >= 15 is 0 Å². The van der Waals surface area contributed by atoms with Crippen LogP contribution in [0.5, 0.6) is 5.75 Å². The highest BCUT2D eigenvalue weighted by Gasteiger charge is 2.37. The molecule has 232 valence electrons. The first-order chi connectivity index (χ1) is 19.7. The van der Waals surface area contributed by atoms with E-state index in [0.29, 0.717) is 29.8 Å². The van der Waals surface area contributed by atoms with Crippen LogP contribution in [0.2, 0.25) is 0 Å². The molecule has 0 bridgehead atoms. The third-order valence-electron chi connectivity index (χ3n) is 7.22. The van der Waals surface area contributed by atoms with E-state index in [4.69, 9.17) is 4.74 Å². The Morgan fingerprint density at radius 1 is 0.929 bits per heavy atom. The van der Waals surface area contributed by atoms with Gasteiger partial charge in [0.05, 0.1) is 0 Å². The summed E-state index contributed by atoms with van der Waals surface area (Å²) in [6.45, 7) is 17.1. The fraction of sp³-hybridized carbons (Fsp3) is 0.559. The quantitative estimate of drug-likeness (QED) is 0.214. The van der Waals surface area contributed by atoms with E-state index in [-0.39, 0.29) is 23.5 Å². The number of hydrogen-bond donors (Lipinski definition) is 3. The largest absolute Gasteiger partial charge is 0.508 e. The summed E-state index contributed by atoms with van der Waals surface area (Å²) in [5.74, 6) is -0.883. The molecule has 3 N–H and O–H groups in total. The Hall–Kier alpha value is -3.55. The molecule has 8 nitrogen and oxygen atoms in total. The summed E-state index contributed by atoms with van der Waals surface area (Å²) in [5, 5.41) is 16.1. The number of rotatable bonds is 13. The number of amides is 3. The van der Waals surface area contributed by atoms with Crippen LogP contribution < -0.4 is 10.6 Å². The molecule has 0 aliphatic carbocycles. The Kier molecular flexibility index (Phi) is 12.9. The average Bonchev–Trinajstić information content (AvgIpc) is 2.89. The number of hydrogen-bond acceptors (Lipinski definition) is 5. The highest BCUT2D eigenvalue weighted by molar-refractivity contribution is 6.00. The maximum atomic E-state index is 14.4. The van der Waals surface area contributed by atoms with Crippen molar-refractivity contribution in [2.45, 2.75) is 112 Å². The first-order valence-corrected chi connectivity index (χ1v) is 15.1. The number of aryl methyl sites for hydroxylation is 3. The molecule has 2 aromatic rings. The van der Waals surface area contributed by atoms with Gasteiger partial charge in [0.25, 0.3) is 5.91 Å². The number of phenols is 1. The van der Waals surface area contributed by atoms with Gasteiger partial charge in [-0.05, 0) is 88.3 Å². The zero-order valence-corrected chi connectivity index (χ0v) is 27.0. The third-order valence-corrected chi connectivity index (χ3v) is 7.22. The lowest BCUT2D eigenvalue weighted by Gasteiger charge is -2.36. The summed E-state index contributed by atoms with van der Waals surface area (Å²) in [6, 6.07) is 8.85. The molecule has 0 aliphatic heterocycles. The number of anilines is 1. The molecule has 0 aliphatic rings. The van der Waals surface area contributed by atoms with E-state index in [1.807, 2.05) is 45.9 Å². The molecule has 2 aromatic carbocycles. The number of unbranched alkanes of at least 4 members (excludes halogenated alkanes) is 4. The van der Waals surface area contributed by atoms with Gasteiger partial charge in [-0.2, -0.15) is 0 Å². The van der Waals surface area contributed by atoms with Crippen molar-refractivity contribution in [1.29, 1.82) is 0 Å². The van der Waals surface area contributed by atoms with Crippen LogP contribution in [0.3, 0.4) is 0 Å². The highest BCUT2D eigenvalue weighted by Crippen LogP contribution is 2.30. The minimum absolute atomic E-state index is 0.108. The van der Waals surface area contributed by atoms with E-state index < -0.39 is 23.8 Å². The van der Waals surface area contributed by atoms with Gasteiger partial charge in [-0.25, -0.2) is 4.79 Å². The number of nitrogens with one attached hydrogen (secondary N) is 2. The van der Waals surface area contributed by atoms with Gasteiger partial charge in [0.15, 0.2) is 0 Å². The van der Waals surface area contributed by atoms with Crippen molar-refractivity contribution in [3.63, 3.8) is 0 Å². The lowest BCUT2D eigenvalue weighted by Crippen LogP contribution is -2.54. The van der Waals surface area contributed by atoms with Crippen LogP contribution in [-0.2, 0) is 14.3 Å². The van der Waals surface area contributed by atoms with Gasteiger partial charge < -0.3 is 25.4 Å². The van der Waals surface area contributed by atoms with Crippen LogP contribution in [-0.4, -0.2) is 46.1 Å². The van der Waals surface area contributed by atoms with Gasteiger partial charge in [0.2, 0.25) is 5.91 Å². The van der Waals surface area contributed by atoms with Gasteiger partial charge in [-0.1, -0.05) is 70.7 Å². The normalized spacial score (nSPS) is 12.9. The number of nitrogens with zero attached hydrogens (tertiary/aromatic N) is 1. The molecule has 42 heavy (non-hydrogen) atoms. The second-order valence-corrected chi connectivity index (χ2v) is 12.5. The standard InChI is InChI=1S/C34H51N3O5/c1-10-11-12-13-14-20-37(32(40)28(22(2)3)36-33(41)42-34(7,8)9)30(26-18-19-27(38)25(6)21-26)31(39)35-29-23(4)16-15-17-24(29)5/h15-19,21-22,28,30,38H,10-14,20H2,1-9H3,(H,35,39)(H,36,41). The number of ether oxygens (including phenoxy) is 1. The van der Waals surface area contributed by atoms with Gasteiger partial charge in [-0.15, -0.1) is 0 Å². The molecule has 2 unspecified atom stereocenters. The molecule has 0 aromatic heterocycles. The third kappa shape index (κ3) is 10.1. The molecule has 8 heteroatoms. The molecule has 0 radical (unpaired) electrons. The Labute approximate surface area is 252 Å². The van der Waals surface area contributed by atoms with Gasteiger partial charge in [0.1, 0.15) is 23.4 Å². The Balaban J connectivity index is 2.60. The number of carbonyl (C=O) groups is 3. The van der Waals surface area contributed by atoms with Crippen molar-refractivity contribution >= 4 is 23.6 Å². The van der Waals surface area contributed by atoms with Crippen molar-refractivity contribution in [3.8, 4) is 5.75 Å². The number of aromatic hydroxyl groups is 1. The molecule has 0 heterocycles. The minimum atomic E-state index is -0.997. The second kappa shape index (κ2) is 15.6. The van der Waals surface area contributed by atoms with Crippen LogP contribution in [0.4, 0.5) is 10.5 Å². The molecule has 3 amide bonds. The second-order valence-electron chi connectivity index (χ2n) is 12.5. The minimum Gasteiger partial charge on any atom is -0.508 e. The van der Waals surface area contributed by atoms with Crippen LogP contribution in [0.15, 0.2) is 36.4 Å². The zero-order valence-electron chi connectivity index (χ0n) is 27.0. The lowest BCUT2D eigenvalue weighted by atomic mass is 9.97. The van der Waals surface area contributed by atoms with Crippen molar-refractivity contribution in [2.24, 2.45) is 5.92 Å². The summed E-state index contributed by atoms with van der Waals surface area (Å²) in [4.78, 5) is 43.0. The highest BCUT2D eigenvalue weighted by atomic mass is 16.6. The fourth-order valence-corrected chi connectivity index (χ4v) is 4.90. The van der Waals surface area contributed by atoms with Crippen LogP contribution in [0.1, 0.15) is 102 Å². The van der Waals surface area contributed by atoms with Crippen molar-refractivity contribution in [3.05, 3.63) is 58.7 Å². The number of phenolic OH excluding ortho intramolecular Hbond substituents is 1. The van der Waals surface area contributed by atoms with Crippen molar-refractivity contribution in [2.75, 3.05) is 11.9 Å². The van der Waals surface area contributed by atoms with Gasteiger partial charge >= 0.3 is 6.09 Å². The molecular formula is C34H51N3O5. The molecule has 2 atom stereocenters. The lowest BCUT2D eigenvalue weighted by molar-refractivity contribution is -0.141. The average molecular weight is 582 g/mol. The van der Waals surface area contributed by atoms with Crippen LogP contribution in [0, 0.1) is 26.7 Å². The molecule has 0 fully saturated rings. The Morgan fingerprint density at radius 2 is 1.55 bits per heavy atom. The molecule has 0 saturated heterocycles. The summed E-state index contributed by atoms with van der Waals surface area (Å²) in [6.07, 6.45) is 4.13. The van der Waals surface area contributed by atoms with Gasteiger partial charge in [-0.3, -0.25) is 9.59 Å². The molecule has 0 spiro atoms. The van der Waals surface area contributed by atoms with Crippen LogP contribution in [0.25, 0.3) is 0 Å². The molecule has 2 rings (SSSR count). The number of alkyl carbamates (subject to hydrolysis) is 1. The maximum Gasteiger partial charge on any atom is 0.408 e. The van der Waals surface area contributed by atoms with Crippen molar-refractivity contribution < 1.29 is 24.2 Å². The monoisotopic (exact) mass is 581 g/mol. The predicted molar refractivity (Wildman–Crippen MR) is 169 cm³/mol. The number of carbonyl (C=O) groups excluding carboxylic acids is 3. The number of benzene rings is 2. The summed E-state index contributed by atoms with van der Waals surface area (Å²) >= 11 is 0. The first kappa shape index (κ1) is 34.7. The van der Waals surface area contributed by atoms with E-state index in [2.05, 4.69) is 17.6 Å². The molecular weight excluding hydrogens is 530 g/mol. The van der Waals surface area contributed by atoms with E-state index in [1.54, 1.807) is 50.8 Å². The topological polar surface area (TPSA) is 108 Å². The van der Waals surface area contributed by atoms with E-state index in [1.165, 1.54) is 0 Å². The molecule has 0 saturated carbocycles. The van der Waals surface area contributed by atoms with Crippen LogP contribution >= 0.6 is 0 Å². The summed E-state index contributed by atoms with van der Waals surface area (Å²) in [7, 11) is 0. The van der Waals surface area contributed by atoms with Crippen molar-refractivity contribution in [1.82, 2.24) is 10.2 Å². The SMILES string of the molecule is CCCCCCCN(C(=O)C(NC(=O)OC(C)(C)C)C(C)C)C(C(=O)Nc1c(C)cccc1C)c1ccc(O)c(C)c1. The Morgan fingerprint density at radius 3 is 2.10 bits per heavy atom. The van der Waals surface area contributed by atoms with E-state index in [0.717, 1.165) is 36.8 Å². The number of para-hydroxylation sites is 1. The van der Waals surface area contributed by atoms with E-state index in [9.17, 15) is 19.5 Å². The summed E-state index contributed by atoms with van der Waals surface area (Å²) in [5.41, 5.74) is 2.97. The predicted octanol–water partition coefficient (Wildman–Crippen LogP) is 7.35. The zero-order chi connectivity index (χ0) is 31.6. The maximum absolute atomic E-state index is 14.4. The summed E-state index contributed by atoms with van der Waals surface area (Å²) < 4.78 is 5.47. The smallest absolute Gasteiger partial charge is 0.408 e. The fourth-order valence-electron chi connectivity index (χ4n) is 4.90. The Bertz CT molecular complexity index is 1200. The first-order valence-electron chi connectivity index (χ1n) is 15.1. The van der Waals surface area contributed by atoms with Gasteiger partial charge in [0, 0.05) is 12.2 Å².